The summed E-state index contributed by atoms with van der Waals surface area (Å²) in [5.41, 5.74) is 0.969. The van der Waals surface area contributed by atoms with Crippen molar-refractivity contribution in [1.82, 2.24) is 9.78 Å². The van der Waals surface area contributed by atoms with E-state index in [0.717, 1.165) is 4.68 Å². The Labute approximate surface area is 171 Å². The molecule has 30 heavy (non-hydrogen) atoms. The number of hydrogen-bond donors (Lipinski definition) is 2. The lowest BCUT2D eigenvalue weighted by molar-refractivity contribution is -0.117. The smallest absolute Gasteiger partial charge is 0.267 e. The number of nitrogens with one attached hydrogen (secondary N) is 2. The van der Waals surface area contributed by atoms with E-state index in [9.17, 15) is 18.8 Å². The van der Waals surface area contributed by atoms with Crippen LogP contribution in [0.1, 0.15) is 6.92 Å². The van der Waals surface area contributed by atoms with Crippen molar-refractivity contribution < 1.29 is 18.7 Å². The quantitative estimate of drug-likeness (QED) is 0.651. The molecule has 0 atom stereocenters. The van der Waals surface area contributed by atoms with Crippen molar-refractivity contribution in [3.8, 4) is 17.0 Å². The van der Waals surface area contributed by atoms with E-state index in [-0.39, 0.29) is 23.7 Å². The fourth-order valence-electron chi connectivity index (χ4n) is 2.71. The number of benzene rings is 2. The van der Waals surface area contributed by atoms with E-state index in [1.165, 1.54) is 38.3 Å². The van der Waals surface area contributed by atoms with Crippen molar-refractivity contribution in [2.75, 3.05) is 17.7 Å². The standard InChI is InChI=1S/C21H19FN4O4/c1-13(27)23-14-3-5-15(6-4-14)24-20(28)12-26-21(29)10-9-19(25-26)17-8-7-16(30-2)11-18(17)22/h3-11H,12H2,1-2H3,(H,23,27)(H,24,28). The van der Waals surface area contributed by atoms with Crippen LogP contribution in [-0.4, -0.2) is 28.7 Å². The number of ether oxygens (including phenoxy) is 1. The summed E-state index contributed by atoms with van der Waals surface area (Å²) in [6.07, 6.45) is 0. The second-order valence-electron chi connectivity index (χ2n) is 6.37. The monoisotopic (exact) mass is 410 g/mol. The van der Waals surface area contributed by atoms with Crippen LogP contribution < -0.4 is 20.9 Å². The molecule has 154 valence electrons. The Morgan fingerprint density at radius 1 is 1.03 bits per heavy atom. The van der Waals surface area contributed by atoms with Crippen molar-refractivity contribution in [1.29, 1.82) is 0 Å². The number of methoxy groups -OCH3 is 1. The molecule has 2 aromatic carbocycles. The van der Waals surface area contributed by atoms with Gasteiger partial charge in [0.25, 0.3) is 5.56 Å². The second kappa shape index (κ2) is 8.99. The third-order valence-electron chi connectivity index (χ3n) is 4.10. The Hall–Kier alpha value is -4.01. The van der Waals surface area contributed by atoms with Crippen LogP contribution in [0.15, 0.2) is 59.4 Å². The van der Waals surface area contributed by atoms with E-state index in [0.29, 0.717) is 17.1 Å². The van der Waals surface area contributed by atoms with Crippen LogP contribution in [0.5, 0.6) is 5.75 Å². The average molecular weight is 410 g/mol. The summed E-state index contributed by atoms with van der Waals surface area (Å²) in [4.78, 5) is 35.5. The number of hydrogen-bond acceptors (Lipinski definition) is 5. The van der Waals surface area contributed by atoms with Gasteiger partial charge < -0.3 is 15.4 Å². The minimum Gasteiger partial charge on any atom is -0.497 e. The van der Waals surface area contributed by atoms with Crippen LogP contribution in [0.3, 0.4) is 0 Å². The Bertz CT molecular complexity index is 1140. The fourth-order valence-corrected chi connectivity index (χ4v) is 2.71. The summed E-state index contributed by atoms with van der Waals surface area (Å²) in [6, 6.07) is 13.4. The van der Waals surface area contributed by atoms with E-state index in [2.05, 4.69) is 15.7 Å². The van der Waals surface area contributed by atoms with Crippen molar-refractivity contribution in [3.05, 3.63) is 70.8 Å². The lowest BCUT2D eigenvalue weighted by atomic mass is 10.1. The minimum absolute atomic E-state index is 0.179. The minimum atomic E-state index is -0.559. The van der Waals surface area contributed by atoms with Gasteiger partial charge in [-0.05, 0) is 42.5 Å². The largest absolute Gasteiger partial charge is 0.497 e. The summed E-state index contributed by atoms with van der Waals surface area (Å²) in [5, 5.41) is 9.36. The second-order valence-corrected chi connectivity index (χ2v) is 6.37. The molecule has 0 saturated carbocycles. The van der Waals surface area contributed by atoms with Gasteiger partial charge in [0.2, 0.25) is 11.8 Å². The van der Waals surface area contributed by atoms with E-state index < -0.39 is 17.3 Å². The number of carbonyl (C=O) groups excluding carboxylic acids is 2. The lowest BCUT2D eigenvalue weighted by Crippen LogP contribution is -2.29. The maximum atomic E-state index is 14.3. The highest BCUT2D eigenvalue weighted by Crippen LogP contribution is 2.24. The van der Waals surface area contributed by atoms with E-state index >= 15 is 0 Å². The molecule has 2 N–H and O–H groups in total. The normalized spacial score (nSPS) is 10.4. The van der Waals surface area contributed by atoms with Gasteiger partial charge >= 0.3 is 0 Å². The molecule has 0 aliphatic rings. The van der Waals surface area contributed by atoms with Crippen molar-refractivity contribution in [3.63, 3.8) is 0 Å². The molecule has 3 rings (SSSR count). The van der Waals surface area contributed by atoms with Crippen LogP contribution in [-0.2, 0) is 16.1 Å². The van der Waals surface area contributed by atoms with Gasteiger partial charge in [-0.1, -0.05) is 0 Å². The molecule has 0 bridgehead atoms. The lowest BCUT2D eigenvalue weighted by Gasteiger charge is -2.10. The summed E-state index contributed by atoms with van der Waals surface area (Å²) in [7, 11) is 1.43. The molecule has 3 aromatic rings. The number of amides is 2. The van der Waals surface area contributed by atoms with Crippen LogP contribution >= 0.6 is 0 Å². The van der Waals surface area contributed by atoms with Crippen LogP contribution in [0.4, 0.5) is 15.8 Å². The van der Waals surface area contributed by atoms with Crippen LogP contribution in [0.25, 0.3) is 11.3 Å². The molecule has 0 aliphatic carbocycles. The van der Waals surface area contributed by atoms with Crippen LogP contribution in [0, 0.1) is 5.82 Å². The number of nitrogens with zero attached hydrogens (tertiary/aromatic N) is 2. The zero-order valence-corrected chi connectivity index (χ0v) is 16.3. The van der Waals surface area contributed by atoms with Gasteiger partial charge in [-0.2, -0.15) is 5.10 Å². The average Bonchev–Trinajstić information content (AvgIpc) is 2.71. The third kappa shape index (κ3) is 5.07. The Morgan fingerprint density at radius 3 is 2.30 bits per heavy atom. The Balaban J connectivity index is 1.75. The Morgan fingerprint density at radius 2 is 1.70 bits per heavy atom. The highest BCUT2D eigenvalue weighted by Gasteiger charge is 2.12. The van der Waals surface area contributed by atoms with E-state index in [1.54, 1.807) is 30.3 Å². The molecule has 0 saturated heterocycles. The van der Waals surface area contributed by atoms with E-state index in [1.807, 2.05) is 0 Å². The molecule has 0 aliphatic heterocycles. The first-order valence-electron chi connectivity index (χ1n) is 8.95. The number of rotatable bonds is 6. The number of halogens is 1. The molecular weight excluding hydrogens is 391 g/mol. The van der Waals surface area contributed by atoms with Crippen LogP contribution in [0.2, 0.25) is 0 Å². The summed E-state index contributed by atoms with van der Waals surface area (Å²) in [6.45, 7) is 1.05. The predicted molar refractivity (Wildman–Crippen MR) is 110 cm³/mol. The first-order chi connectivity index (χ1) is 14.4. The molecule has 8 nitrogen and oxygen atoms in total. The molecule has 0 radical (unpaired) electrons. The van der Waals surface area contributed by atoms with Crippen molar-refractivity contribution in [2.24, 2.45) is 0 Å². The highest BCUT2D eigenvalue weighted by molar-refractivity contribution is 5.92. The number of aromatic nitrogens is 2. The Kier molecular flexibility index (Phi) is 6.21. The van der Waals surface area contributed by atoms with E-state index in [4.69, 9.17) is 4.74 Å². The molecule has 0 fully saturated rings. The summed E-state index contributed by atoms with van der Waals surface area (Å²) >= 11 is 0. The van der Waals surface area contributed by atoms with Gasteiger partial charge in [0.1, 0.15) is 18.1 Å². The van der Waals surface area contributed by atoms with Crippen molar-refractivity contribution in [2.45, 2.75) is 13.5 Å². The first kappa shape index (κ1) is 20.7. The maximum Gasteiger partial charge on any atom is 0.267 e. The summed E-state index contributed by atoms with van der Waals surface area (Å²) in [5.74, 6) is -0.890. The topological polar surface area (TPSA) is 102 Å². The SMILES string of the molecule is COc1ccc(-c2ccc(=O)n(CC(=O)Nc3ccc(NC(C)=O)cc3)n2)c(F)c1. The van der Waals surface area contributed by atoms with Gasteiger partial charge in [-0.25, -0.2) is 9.07 Å². The van der Waals surface area contributed by atoms with Gasteiger partial charge in [0.05, 0.1) is 12.8 Å². The fraction of sp³-hybridized carbons (Fsp3) is 0.143. The highest BCUT2D eigenvalue weighted by atomic mass is 19.1. The molecule has 9 heteroatoms. The molecule has 2 amide bonds. The predicted octanol–water partition coefficient (Wildman–Crippen LogP) is 2.66. The molecular formula is C21H19FN4O4. The number of anilines is 2. The molecule has 1 heterocycles. The van der Waals surface area contributed by atoms with Gasteiger partial charge in [-0.3, -0.25) is 14.4 Å². The van der Waals surface area contributed by atoms with Crippen molar-refractivity contribution >= 4 is 23.2 Å². The van der Waals surface area contributed by atoms with Gasteiger partial charge in [0, 0.05) is 36.0 Å². The maximum absolute atomic E-state index is 14.3. The van der Waals surface area contributed by atoms with Gasteiger partial charge in [-0.15, -0.1) is 0 Å². The third-order valence-corrected chi connectivity index (χ3v) is 4.10. The first-order valence-corrected chi connectivity index (χ1v) is 8.95. The zero-order valence-electron chi connectivity index (χ0n) is 16.3. The molecule has 1 aromatic heterocycles. The van der Waals surface area contributed by atoms with Gasteiger partial charge in [0.15, 0.2) is 0 Å². The summed E-state index contributed by atoms with van der Waals surface area (Å²) < 4.78 is 20.2. The zero-order chi connectivity index (χ0) is 21.7. The molecule has 0 spiro atoms. The molecule has 0 unspecified atom stereocenters. The number of carbonyl (C=O) groups is 2.